The average Bonchev–Trinajstić information content (AvgIpc) is 3.02. The Hall–Kier alpha value is -1.72. The first-order valence-electron chi connectivity index (χ1n) is 7.14. The molecule has 1 amide bonds. The van der Waals surface area contributed by atoms with Gasteiger partial charge < -0.3 is 10.1 Å². The van der Waals surface area contributed by atoms with Crippen molar-refractivity contribution in [1.29, 1.82) is 0 Å². The zero-order chi connectivity index (χ0) is 14.7. The molecule has 3 rings (SSSR count). The fraction of sp³-hybridized carbons (Fsp3) is 0.375. The number of ether oxygens (including phenoxy) is 1. The van der Waals surface area contributed by atoms with Crippen LogP contribution in [0.2, 0.25) is 0 Å². The Morgan fingerprint density at radius 2 is 2.14 bits per heavy atom. The number of hydrogen-bond donors (Lipinski definition) is 1. The number of aromatic nitrogens is 1. The number of nitrogens with zero attached hydrogens (tertiary/aromatic N) is 1. The number of rotatable bonds is 3. The fourth-order valence-electron chi connectivity index (χ4n) is 2.47. The van der Waals surface area contributed by atoms with Crippen molar-refractivity contribution >= 4 is 17.2 Å². The molecule has 0 spiro atoms. The molecular formula is C16H18N2O2S. The molecule has 3 heterocycles. The lowest BCUT2D eigenvalue weighted by molar-refractivity contribution is 0.0696. The lowest BCUT2D eigenvalue weighted by Crippen LogP contribution is -2.39. The van der Waals surface area contributed by atoms with Gasteiger partial charge in [-0.3, -0.25) is 9.78 Å². The van der Waals surface area contributed by atoms with Crippen LogP contribution in [0.15, 0.2) is 29.6 Å². The van der Waals surface area contributed by atoms with Gasteiger partial charge in [0.2, 0.25) is 0 Å². The highest BCUT2D eigenvalue weighted by Gasteiger charge is 2.18. The summed E-state index contributed by atoms with van der Waals surface area (Å²) in [5.41, 5.74) is 2.34. The molecule has 1 aliphatic rings. The van der Waals surface area contributed by atoms with E-state index in [4.69, 9.17) is 4.74 Å². The van der Waals surface area contributed by atoms with E-state index in [1.807, 2.05) is 36.6 Å². The zero-order valence-electron chi connectivity index (χ0n) is 12.0. The number of carbonyl (C=O) groups is 1. The second-order valence-electron chi connectivity index (χ2n) is 5.17. The molecule has 0 bridgehead atoms. The van der Waals surface area contributed by atoms with Crippen molar-refractivity contribution in [2.24, 2.45) is 0 Å². The summed E-state index contributed by atoms with van der Waals surface area (Å²) in [5.74, 6) is -0.0374. The molecule has 0 radical (unpaired) electrons. The molecule has 1 aliphatic heterocycles. The van der Waals surface area contributed by atoms with Gasteiger partial charge in [-0.05, 0) is 43.3 Å². The highest BCUT2D eigenvalue weighted by molar-refractivity contribution is 7.13. The Balaban J connectivity index is 1.74. The van der Waals surface area contributed by atoms with Crippen molar-refractivity contribution in [3.8, 4) is 10.6 Å². The largest absolute Gasteiger partial charge is 0.381 e. The van der Waals surface area contributed by atoms with Gasteiger partial charge in [0, 0.05) is 19.3 Å². The molecule has 0 aliphatic carbocycles. The third kappa shape index (κ3) is 3.31. The van der Waals surface area contributed by atoms with Crippen LogP contribution in [0.5, 0.6) is 0 Å². The van der Waals surface area contributed by atoms with Crippen molar-refractivity contribution in [3.05, 3.63) is 40.9 Å². The molecule has 4 nitrogen and oxygen atoms in total. The number of nitrogens with one attached hydrogen (secondary N) is 1. The maximum Gasteiger partial charge on any atom is 0.253 e. The van der Waals surface area contributed by atoms with Gasteiger partial charge in [0.15, 0.2) is 0 Å². The summed E-state index contributed by atoms with van der Waals surface area (Å²) in [4.78, 5) is 18.0. The number of aryl methyl sites for hydroxylation is 1. The van der Waals surface area contributed by atoms with E-state index in [2.05, 4.69) is 10.3 Å². The SMILES string of the molecule is Cc1nc(-c2cccs2)ccc1C(=O)NC1CCOCC1. The van der Waals surface area contributed by atoms with Crippen molar-refractivity contribution in [2.75, 3.05) is 13.2 Å². The first kappa shape index (κ1) is 14.2. The summed E-state index contributed by atoms with van der Waals surface area (Å²) < 4.78 is 5.31. The van der Waals surface area contributed by atoms with Gasteiger partial charge in [-0.25, -0.2) is 0 Å². The number of thiophene rings is 1. The number of amides is 1. The summed E-state index contributed by atoms with van der Waals surface area (Å²) in [6.07, 6.45) is 1.76. The first-order valence-corrected chi connectivity index (χ1v) is 8.02. The monoisotopic (exact) mass is 302 g/mol. The van der Waals surface area contributed by atoms with Crippen molar-refractivity contribution in [1.82, 2.24) is 10.3 Å². The van der Waals surface area contributed by atoms with Crippen LogP contribution in [0.1, 0.15) is 28.9 Å². The fourth-order valence-corrected chi connectivity index (χ4v) is 3.16. The minimum Gasteiger partial charge on any atom is -0.381 e. The van der Waals surface area contributed by atoms with Gasteiger partial charge in [0.1, 0.15) is 0 Å². The van der Waals surface area contributed by atoms with E-state index >= 15 is 0 Å². The molecule has 2 aromatic rings. The molecule has 2 aromatic heterocycles. The molecular weight excluding hydrogens is 284 g/mol. The van der Waals surface area contributed by atoms with Crippen LogP contribution in [0, 0.1) is 6.92 Å². The summed E-state index contributed by atoms with van der Waals surface area (Å²) >= 11 is 1.65. The molecule has 0 aromatic carbocycles. The van der Waals surface area contributed by atoms with E-state index in [1.54, 1.807) is 11.3 Å². The Morgan fingerprint density at radius 3 is 2.81 bits per heavy atom. The Labute approximate surface area is 128 Å². The van der Waals surface area contributed by atoms with Crippen LogP contribution >= 0.6 is 11.3 Å². The third-order valence-electron chi connectivity index (χ3n) is 3.66. The van der Waals surface area contributed by atoms with Gasteiger partial charge in [-0.2, -0.15) is 0 Å². The van der Waals surface area contributed by atoms with Crippen molar-refractivity contribution in [2.45, 2.75) is 25.8 Å². The number of hydrogen-bond acceptors (Lipinski definition) is 4. The van der Waals surface area contributed by atoms with E-state index in [-0.39, 0.29) is 11.9 Å². The van der Waals surface area contributed by atoms with Gasteiger partial charge in [-0.15, -0.1) is 11.3 Å². The lowest BCUT2D eigenvalue weighted by Gasteiger charge is -2.23. The summed E-state index contributed by atoms with van der Waals surface area (Å²) in [5, 5.41) is 5.10. The van der Waals surface area contributed by atoms with E-state index in [1.165, 1.54) is 0 Å². The van der Waals surface area contributed by atoms with Crippen LogP contribution in [-0.4, -0.2) is 30.1 Å². The van der Waals surface area contributed by atoms with E-state index in [9.17, 15) is 4.79 Å². The van der Waals surface area contributed by atoms with Crippen molar-refractivity contribution < 1.29 is 9.53 Å². The minimum absolute atomic E-state index is 0.0374. The van der Waals surface area contributed by atoms with Gasteiger partial charge in [0.05, 0.1) is 21.8 Å². The van der Waals surface area contributed by atoms with Gasteiger partial charge in [0.25, 0.3) is 5.91 Å². The molecule has 0 unspecified atom stereocenters. The Kier molecular flexibility index (Phi) is 4.31. The summed E-state index contributed by atoms with van der Waals surface area (Å²) in [6, 6.07) is 8.03. The van der Waals surface area contributed by atoms with Crippen molar-refractivity contribution in [3.63, 3.8) is 0 Å². The second-order valence-corrected chi connectivity index (χ2v) is 6.11. The molecule has 1 fully saturated rings. The summed E-state index contributed by atoms with van der Waals surface area (Å²) in [7, 11) is 0. The quantitative estimate of drug-likeness (QED) is 0.948. The summed E-state index contributed by atoms with van der Waals surface area (Å²) in [6.45, 7) is 3.33. The standard InChI is InChI=1S/C16H18N2O2S/c1-11-13(16(19)18-12-6-8-20-9-7-12)4-5-14(17-11)15-3-2-10-21-15/h2-5,10,12H,6-9H2,1H3,(H,18,19). The smallest absolute Gasteiger partial charge is 0.253 e. The average molecular weight is 302 g/mol. The normalized spacial score (nSPS) is 15.9. The highest BCUT2D eigenvalue weighted by atomic mass is 32.1. The van der Waals surface area contributed by atoms with Crippen LogP contribution < -0.4 is 5.32 Å². The predicted octanol–water partition coefficient (Wildman–Crippen LogP) is 3.03. The molecule has 110 valence electrons. The topological polar surface area (TPSA) is 51.2 Å². The Bertz CT molecular complexity index is 619. The van der Waals surface area contributed by atoms with E-state index < -0.39 is 0 Å². The molecule has 0 atom stereocenters. The predicted molar refractivity (Wildman–Crippen MR) is 83.6 cm³/mol. The minimum atomic E-state index is -0.0374. The maximum absolute atomic E-state index is 12.3. The van der Waals surface area contributed by atoms with Gasteiger partial charge in [-0.1, -0.05) is 6.07 Å². The maximum atomic E-state index is 12.3. The third-order valence-corrected chi connectivity index (χ3v) is 4.55. The molecule has 21 heavy (non-hydrogen) atoms. The Morgan fingerprint density at radius 1 is 1.33 bits per heavy atom. The highest BCUT2D eigenvalue weighted by Crippen LogP contribution is 2.23. The zero-order valence-corrected chi connectivity index (χ0v) is 12.8. The number of pyridine rings is 1. The van der Waals surface area contributed by atoms with Crippen LogP contribution in [0.25, 0.3) is 10.6 Å². The molecule has 1 N–H and O–H groups in total. The van der Waals surface area contributed by atoms with Gasteiger partial charge >= 0.3 is 0 Å². The molecule has 5 heteroatoms. The number of carbonyl (C=O) groups excluding carboxylic acids is 1. The molecule has 1 saturated heterocycles. The molecule has 0 saturated carbocycles. The van der Waals surface area contributed by atoms with Crippen LogP contribution in [0.4, 0.5) is 0 Å². The van der Waals surface area contributed by atoms with E-state index in [0.717, 1.165) is 42.3 Å². The second kappa shape index (κ2) is 6.37. The van der Waals surface area contributed by atoms with E-state index in [0.29, 0.717) is 5.56 Å². The van der Waals surface area contributed by atoms with Crippen LogP contribution in [0.3, 0.4) is 0 Å². The first-order chi connectivity index (χ1) is 10.2. The van der Waals surface area contributed by atoms with Crippen LogP contribution in [-0.2, 0) is 4.74 Å². The lowest BCUT2D eigenvalue weighted by atomic mass is 10.1.